The smallest absolute Gasteiger partial charge is 0.353 e. The van der Waals surface area contributed by atoms with Crippen molar-refractivity contribution in [3.63, 3.8) is 0 Å². The number of rotatable bonds is 5. The minimum absolute atomic E-state index is 0.281. The fourth-order valence-electron chi connectivity index (χ4n) is 0.638. The molecule has 0 amide bonds. The van der Waals surface area contributed by atoms with Crippen molar-refractivity contribution in [2.75, 3.05) is 40.9 Å². The molecule has 0 fully saturated rings. The van der Waals surface area contributed by atoms with Gasteiger partial charge in [-0.3, -0.25) is 4.57 Å². The van der Waals surface area contributed by atoms with Gasteiger partial charge in [0.2, 0.25) is 0 Å². The van der Waals surface area contributed by atoms with Gasteiger partial charge in [-0.1, -0.05) is 0 Å². The summed E-state index contributed by atoms with van der Waals surface area (Å²) in [6.07, 6.45) is 0. The van der Waals surface area contributed by atoms with Crippen molar-refractivity contribution in [1.82, 2.24) is 0 Å². The van der Waals surface area contributed by atoms with Gasteiger partial charge in [0.15, 0.2) is 5.85 Å². The lowest BCUT2D eigenvalue weighted by atomic mass is 10.5. The Labute approximate surface area is 97.6 Å². The Hall–Kier alpha value is 0.0300. The first kappa shape index (κ1) is 18.4. The summed E-state index contributed by atoms with van der Waals surface area (Å²) in [6, 6.07) is 0. The summed E-state index contributed by atoms with van der Waals surface area (Å²) in [5, 5.41) is 8.39. The SMILES string of the molecule is CCOC(C)P(=O)(O)O.C[N+](C)(C)CCO. The number of nitrogens with zero attached hydrogens (tertiary/aromatic N) is 1. The highest BCUT2D eigenvalue weighted by atomic mass is 31.2. The molecule has 0 radical (unpaired) electrons. The molecular weight excluding hydrogens is 233 g/mol. The van der Waals surface area contributed by atoms with Gasteiger partial charge in [0, 0.05) is 6.61 Å². The Morgan fingerprint density at radius 2 is 1.75 bits per heavy atom. The predicted octanol–water partition coefficient (Wildman–Crippen LogP) is 0.231. The zero-order valence-corrected chi connectivity index (χ0v) is 11.6. The summed E-state index contributed by atoms with van der Waals surface area (Å²) in [6.45, 7) is 4.48. The third-order valence-corrected chi connectivity index (χ3v) is 2.75. The fourth-order valence-corrected chi connectivity index (χ4v) is 0.982. The highest BCUT2D eigenvalue weighted by Crippen LogP contribution is 2.41. The average Bonchev–Trinajstić information content (AvgIpc) is 2.01. The molecule has 0 spiro atoms. The van der Waals surface area contributed by atoms with E-state index < -0.39 is 13.4 Å². The van der Waals surface area contributed by atoms with E-state index >= 15 is 0 Å². The summed E-state index contributed by atoms with van der Waals surface area (Å²) < 4.78 is 15.8. The van der Waals surface area contributed by atoms with Crippen LogP contribution in [0.4, 0.5) is 0 Å². The highest BCUT2D eigenvalue weighted by molar-refractivity contribution is 7.52. The Bertz CT molecular complexity index is 210. The van der Waals surface area contributed by atoms with Gasteiger partial charge >= 0.3 is 7.60 Å². The van der Waals surface area contributed by atoms with E-state index in [0.717, 1.165) is 11.0 Å². The number of ether oxygens (including phenoxy) is 1. The molecule has 6 nitrogen and oxygen atoms in total. The summed E-state index contributed by atoms with van der Waals surface area (Å²) >= 11 is 0. The minimum atomic E-state index is -4.00. The molecule has 0 aliphatic heterocycles. The van der Waals surface area contributed by atoms with Crippen LogP contribution in [0.5, 0.6) is 0 Å². The van der Waals surface area contributed by atoms with Gasteiger partial charge in [0.05, 0.1) is 27.7 Å². The van der Waals surface area contributed by atoms with E-state index in [9.17, 15) is 4.57 Å². The van der Waals surface area contributed by atoms with Crippen LogP contribution in [0.2, 0.25) is 0 Å². The molecule has 100 valence electrons. The molecule has 0 aromatic rings. The van der Waals surface area contributed by atoms with Gasteiger partial charge in [-0.05, 0) is 13.8 Å². The zero-order chi connectivity index (χ0) is 13.4. The Kier molecular flexibility index (Phi) is 9.39. The molecular formula is C9H25NO5P+. The average molecular weight is 258 g/mol. The highest BCUT2D eigenvalue weighted by Gasteiger charge is 2.23. The molecule has 0 aliphatic rings. The van der Waals surface area contributed by atoms with Crippen molar-refractivity contribution in [1.29, 1.82) is 0 Å². The molecule has 0 rings (SSSR count). The van der Waals surface area contributed by atoms with Gasteiger partial charge in [0.1, 0.15) is 6.54 Å². The molecule has 3 N–H and O–H groups in total. The molecule has 1 unspecified atom stereocenters. The van der Waals surface area contributed by atoms with Crippen LogP contribution in [0.25, 0.3) is 0 Å². The second-order valence-corrected chi connectivity index (χ2v) is 6.29. The molecule has 0 heterocycles. The van der Waals surface area contributed by atoms with Crippen LogP contribution in [0, 0.1) is 0 Å². The van der Waals surface area contributed by atoms with E-state index in [1.165, 1.54) is 6.92 Å². The van der Waals surface area contributed by atoms with Crippen LogP contribution in [0.3, 0.4) is 0 Å². The van der Waals surface area contributed by atoms with Gasteiger partial charge in [0.25, 0.3) is 0 Å². The third-order valence-electron chi connectivity index (χ3n) is 1.65. The number of hydrogen-bond donors (Lipinski definition) is 3. The molecule has 16 heavy (non-hydrogen) atoms. The van der Waals surface area contributed by atoms with Crippen molar-refractivity contribution in [2.45, 2.75) is 19.7 Å². The fraction of sp³-hybridized carbons (Fsp3) is 1.00. The van der Waals surface area contributed by atoms with Crippen molar-refractivity contribution in [2.24, 2.45) is 0 Å². The maximum absolute atomic E-state index is 10.3. The van der Waals surface area contributed by atoms with E-state index in [2.05, 4.69) is 25.9 Å². The summed E-state index contributed by atoms with van der Waals surface area (Å²) in [5.74, 6) is -0.970. The standard InChI is InChI=1S/C5H14NO.C4H11O4P/c1-6(2,3)4-5-7;1-3-8-4(2)9(5,6)7/h7H,4-5H2,1-3H3;4H,3H2,1-2H3,(H2,5,6,7)/q+1;. The predicted molar refractivity (Wildman–Crippen MR) is 63.1 cm³/mol. The first-order valence-electron chi connectivity index (χ1n) is 5.12. The molecule has 0 aliphatic carbocycles. The number of hydrogen-bond acceptors (Lipinski definition) is 3. The lowest BCUT2D eigenvalue weighted by Gasteiger charge is -2.21. The normalized spacial score (nSPS) is 14.0. The van der Waals surface area contributed by atoms with Crippen LogP contribution < -0.4 is 0 Å². The van der Waals surface area contributed by atoms with Crippen LogP contribution in [0.1, 0.15) is 13.8 Å². The molecule has 0 aromatic carbocycles. The lowest BCUT2D eigenvalue weighted by Crippen LogP contribution is -2.36. The molecule has 0 bridgehead atoms. The third kappa shape index (κ3) is 14.0. The van der Waals surface area contributed by atoms with Crippen LogP contribution in [-0.2, 0) is 9.30 Å². The largest absolute Gasteiger partial charge is 0.391 e. The van der Waals surface area contributed by atoms with Crippen molar-refractivity contribution in [3.8, 4) is 0 Å². The number of aliphatic hydroxyl groups is 1. The monoisotopic (exact) mass is 258 g/mol. The Morgan fingerprint density at radius 1 is 1.31 bits per heavy atom. The van der Waals surface area contributed by atoms with E-state index in [0.29, 0.717) is 6.61 Å². The molecule has 0 saturated carbocycles. The Morgan fingerprint density at radius 3 is 1.81 bits per heavy atom. The number of quaternary nitrogens is 1. The van der Waals surface area contributed by atoms with E-state index in [4.69, 9.17) is 14.9 Å². The summed E-state index contributed by atoms with van der Waals surface area (Å²) in [5.41, 5.74) is 0. The van der Waals surface area contributed by atoms with Crippen molar-refractivity contribution < 1.29 is 28.7 Å². The van der Waals surface area contributed by atoms with Crippen LogP contribution >= 0.6 is 7.60 Å². The molecule has 0 saturated heterocycles. The molecule has 0 aromatic heterocycles. The quantitative estimate of drug-likeness (QED) is 0.485. The molecule has 7 heteroatoms. The topological polar surface area (TPSA) is 87.0 Å². The first-order valence-corrected chi connectivity index (χ1v) is 6.81. The van der Waals surface area contributed by atoms with Crippen molar-refractivity contribution in [3.05, 3.63) is 0 Å². The maximum Gasteiger partial charge on any atom is 0.353 e. The van der Waals surface area contributed by atoms with Gasteiger partial charge in [-0.2, -0.15) is 0 Å². The Balaban J connectivity index is 0. The second kappa shape index (κ2) is 8.17. The van der Waals surface area contributed by atoms with Crippen LogP contribution in [0.15, 0.2) is 0 Å². The number of aliphatic hydroxyl groups excluding tert-OH is 1. The summed E-state index contributed by atoms with van der Waals surface area (Å²) in [7, 11) is 2.16. The van der Waals surface area contributed by atoms with Gasteiger partial charge in [-0.25, -0.2) is 0 Å². The van der Waals surface area contributed by atoms with E-state index in [1.54, 1.807) is 6.92 Å². The minimum Gasteiger partial charge on any atom is -0.391 e. The van der Waals surface area contributed by atoms with Gasteiger partial charge in [-0.15, -0.1) is 0 Å². The zero-order valence-electron chi connectivity index (χ0n) is 10.8. The van der Waals surface area contributed by atoms with Gasteiger partial charge < -0.3 is 24.1 Å². The maximum atomic E-state index is 10.3. The number of likely N-dealkylation sites (N-methyl/N-ethyl adjacent to an activating group) is 1. The van der Waals surface area contributed by atoms with Crippen LogP contribution in [-0.4, -0.2) is 66.1 Å². The lowest BCUT2D eigenvalue weighted by molar-refractivity contribution is -0.870. The second-order valence-electron chi connectivity index (χ2n) is 4.38. The first-order chi connectivity index (χ1) is 7.04. The van der Waals surface area contributed by atoms with Crippen molar-refractivity contribution >= 4 is 7.60 Å². The van der Waals surface area contributed by atoms with E-state index in [-0.39, 0.29) is 6.61 Å². The molecule has 1 atom stereocenters. The summed E-state index contributed by atoms with van der Waals surface area (Å²) in [4.78, 5) is 16.8. The van der Waals surface area contributed by atoms with E-state index in [1.807, 2.05) is 0 Å².